The molecular formula is C24H45IO5. The number of halogens is 1. The Morgan fingerprint density at radius 3 is 2.03 bits per heavy atom. The number of methoxy groups -OCH3 is 1. The molecule has 0 aromatic heterocycles. The molecular weight excluding hydrogens is 495 g/mol. The van der Waals surface area contributed by atoms with Crippen molar-refractivity contribution in [3.8, 4) is 0 Å². The molecule has 1 rings (SSSR count). The first-order valence-electron chi connectivity index (χ1n) is 12.2. The van der Waals surface area contributed by atoms with Gasteiger partial charge in [0.05, 0.1) is 6.10 Å². The van der Waals surface area contributed by atoms with Crippen LogP contribution in [0.3, 0.4) is 0 Å². The highest BCUT2D eigenvalue weighted by Gasteiger charge is 2.29. The van der Waals surface area contributed by atoms with Crippen LogP contribution in [0.5, 0.6) is 0 Å². The number of ether oxygens (including phenoxy) is 4. The molecule has 0 amide bonds. The highest BCUT2D eigenvalue weighted by atomic mass is 127. The van der Waals surface area contributed by atoms with Crippen molar-refractivity contribution in [1.82, 2.24) is 0 Å². The van der Waals surface area contributed by atoms with Crippen molar-refractivity contribution >= 4 is 28.7 Å². The van der Waals surface area contributed by atoms with Crippen LogP contribution in [0.25, 0.3) is 0 Å². The summed E-state index contributed by atoms with van der Waals surface area (Å²) in [5.41, 5.74) is 0. The normalized spacial score (nSPS) is 20.0. The minimum atomic E-state index is -0.525. The molecule has 0 aromatic rings. The Balaban J connectivity index is 2.08. The number of rotatable bonds is 20. The van der Waals surface area contributed by atoms with Crippen LogP contribution in [0.15, 0.2) is 0 Å². The first-order valence-corrected chi connectivity index (χ1v) is 13.8. The van der Waals surface area contributed by atoms with Crippen molar-refractivity contribution in [2.75, 3.05) is 18.3 Å². The van der Waals surface area contributed by atoms with E-state index in [0.717, 1.165) is 30.1 Å². The van der Waals surface area contributed by atoms with E-state index in [1.54, 1.807) is 7.11 Å². The Bertz CT molecular complexity index is 407. The maximum atomic E-state index is 11.6. The number of carbonyl (C=O) groups is 1. The van der Waals surface area contributed by atoms with Crippen LogP contribution >= 0.6 is 22.6 Å². The van der Waals surface area contributed by atoms with E-state index in [-0.39, 0.29) is 18.3 Å². The summed E-state index contributed by atoms with van der Waals surface area (Å²) >= 11 is 2.26. The Kier molecular flexibility index (Phi) is 18.3. The molecule has 30 heavy (non-hydrogen) atoms. The van der Waals surface area contributed by atoms with Crippen molar-refractivity contribution in [2.24, 2.45) is 0 Å². The third-order valence-corrected chi connectivity index (χ3v) is 6.82. The molecule has 1 aliphatic heterocycles. The van der Waals surface area contributed by atoms with Crippen molar-refractivity contribution in [2.45, 2.75) is 128 Å². The van der Waals surface area contributed by atoms with E-state index >= 15 is 0 Å². The molecule has 1 fully saturated rings. The molecule has 0 bridgehead atoms. The van der Waals surface area contributed by atoms with Gasteiger partial charge in [0, 0.05) is 18.0 Å². The van der Waals surface area contributed by atoms with Gasteiger partial charge in [-0.25, -0.2) is 4.79 Å². The largest absolute Gasteiger partial charge is 0.508 e. The molecule has 0 N–H and O–H groups in total. The van der Waals surface area contributed by atoms with E-state index in [2.05, 4.69) is 29.5 Å². The zero-order valence-corrected chi connectivity index (χ0v) is 21.5. The van der Waals surface area contributed by atoms with Crippen LogP contribution in [-0.4, -0.2) is 42.8 Å². The lowest BCUT2D eigenvalue weighted by Crippen LogP contribution is -2.35. The maximum Gasteiger partial charge on any atom is 0.508 e. The first kappa shape index (κ1) is 28.0. The summed E-state index contributed by atoms with van der Waals surface area (Å²) in [6, 6.07) is 0. The number of alkyl halides is 1. The van der Waals surface area contributed by atoms with Crippen molar-refractivity contribution in [1.29, 1.82) is 0 Å². The lowest BCUT2D eigenvalue weighted by Gasteiger charge is -2.29. The molecule has 178 valence electrons. The number of cyclic esters (lactones) is 2. The summed E-state index contributed by atoms with van der Waals surface area (Å²) in [4.78, 5) is 11.6. The number of unbranched alkanes of at least 4 members (excludes halogenated alkanes) is 11. The highest BCUT2D eigenvalue weighted by Crippen LogP contribution is 2.23. The van der Waals surface area contributed by atoms with Gasteiger partial charge in [0.1, 0.15) is 19.0 Å². The van der Waals surface area contributed by atoms with Gasteiger partial charge in [-0.1, -0.05) is 107 Å². The summed E-state index contributed by atoms with van der Waals surface area (Å²) in [6.45, 7) is 2.60. The van der Waals surface area contributed by atoms with Gasteiger partial charge in [0.25, 0.3) is 0 Å². The van der Waals surface area contributed by atoms with Crippen LogP contribution in [0.4, 0.5) is 4.79 Å². The number of carbonyl (C=O) groups excluding carboxylic acids is 1. The fourth-order valence-electron chi connectivity index (χ4n) is 4.02. The molecule has 5 nitrogen and oxygen atoms in total. The Morgan fingerprint density at radius 2 is 1.47 bits per heavy atom. The molecule has 0 radical (unpaired) electrons. The van der Waals surface area contributed by atoms with Crippen LogP contribution in [-0.2, 0) is 18.9 Å². The molecule has 1 aliphatic rings. The van der Waals surface area contributed by atoms with E-state index in [4.69, 9.17) is 18.9 Å². The lowest BCUT2D eigenvalue weighted by molar-refractivity contribution is -0.0881. The second-order valence-electron chi connectivity index (χ2n) is 8.57. The molecule has 0 spiro atoms. The molecule has 0 aromatic carbocycles. The summed E-state index contributed by atoms with van der Waals surface area (Å²) in [7, 11) is 1.66. The fraction of sp³-hybridized carbons (Fsp3) is 0.958. The van der Waals surface area contributed by atoms with Crippen molar-refractivity contribution in [3.05, 3.63) is 0 Å². The molecule has 0 saturated carbocycles. The predicted molar refractivity (Wildman–Crippen MR) is 130 cm³/mol. The van der Waals surface area contributed by atoms with Gasteiger partial charge >= 0.3 is 6.16 Å². The quantitative estimate of drug-likeness (QED) is 0.0524. The Labute approximate surface area is 198 Å². The SMILES string of the molecule is CCCCCCCCCCCCCC[C@@H](CC[C@H]1C[C@@H](CI)OC(=O)O1)OCOC. The van der Waals surface area contributed by atoms with Gasteiger partial charge in [-0.2, -0.15) is 0 Å². The van der Waals surface area contributed by atoms with Crippen molar-refractivity contribution < 1.29 is 23.7 Å². The van der Waals surface area contributed by atoms with Crippen LogP contribution in [0.2, 0.25) is 0 Å². The summed E-state index contributed by atoms with van der Waals surface area (Å²) in [5.74, 6) is 0. The third kappa shape index (κ3) is 14.8. The van der Waals surface area contributed by atoms with E-state index in [1.807, 2.05) is 0 Å². The van der Waals surface area contributed by atoms with Crippen LogP contribution in [0.1, 0.15) is 110 Å². The zero-order valence-electron chi connectivity index (χ0n) is 19.4. The van der Waals surface area contributed by atoms with E-state index < -0.39 is 6.16 Å². The number of hydrogen-bond acceptors (Lipinski definition) is 5. The molecule has 3 atom stereocenters. The van der Waals surface area contributed by atoms with E-state index in [9.17, 15) is 4.79 Å². The fourth-order valence-corrected chi connectivity index (χ4v) is 4.56. The van der Waals surface area contributed by atoms with Crippen molar-refractivity contribution in [3.63, 3.8) is 0 Å². The molecule has 6 heteroatoms. The number of hydrogen-bond donors (Lipinski definition) is 0. The second-order valence-corrected chi connectivity index (χ2v) is 9.45. The minimum Gasteiger partial charge on any atom is -0.431 e. The molecule has 0 unspecified atom stereocenters. The third-order valence-electron chi connectivity index (χ3n) is 5.84. The monoisotopic (exact) mass is 540 g/mol. The van der Waals surface area contributed by atoms with Crippen LogP contribution in [0, 0.1) is 0 Å². The van der Waals surface area contributed by atoms with E-state index in [0.29, 0.717) is 6.79 Å². The zero-order chi connectivity index (χ0) is 21.9. The highest BCUT2D eigenvalue weighted by molar-refractivity contribution is 14.1. The smallest absolute Gasteiger partial charge is 0.431 e. The predicted octanol–water partition coefficient (Wildman–Crippen LogP) is 7.58. The van der Waals surface area contributed by atoms with E-state index in [1.165, 1.54) is 77.0 Å². The standard InChI is InChI=1S/C24H45IO5/c1-3-4-5-6-7-8-9-10-11-12-13-14-15-21(28-20-27-2)16-17-22-18-23(19-25)30-24(26)29-22/h21-23H,3-20H2,1-2H3/t21-,22-,23-/m0/s1. The Morgan fingerprint density at radius 1 is 0.900 bits per heavy atom. The summed E-state index contributed by atoms with van der Waals surface area (Å²) in [6.07, 6.45) is 19.4. The van der Waals surface area contributed by atoms with Gasteiger partial charge in [0.2, 0.25) is 0 Å². The average Bonchev–Trinajstić information content (AvgIpc) is 2.75. The van der Waals surface area contributed by atoms with Gasteiger partial charge in [-0.15, -0.1) is 0 Å². The minimum absolute atomic E-state index is 0.0217. The molecule has 1 heterocycles. The maximum absolute atomic E-state index is 11.6. The van der Waals surface area contributed by atoms with Gasteiger partial charge in [-0.3, -0.25) is 0 Å². The van der Waals surface area contributed by atoms with Gasteiger partial charge < -0.3 is 18.9 Å². The Hall–Kier alpha value is -0.0800. The second kappa shape index (κ2) is 19.6. The van der Waals surface area contributed by atoms with Gasteiger partial charge in [0.15, 0.2) is 0 Å². The average molecular weight is 541 g/mol. The first-order chi connectivity index (χ1) is 14.7. The lowest BCUT2D eigenvalue weighted by atomic mass is 10.00. The van der Waals surface area contributed by atoms with Crippen LogP contribution < -0.4 is 0 Å². The summed E-state index contributed by atoms with van der Waals surface area (Å²) < 4.78 is 22.3. The molecule has 0 aliphatic carbocycles. The topological polar surface area (TPSA) is 54.0 Å². The molecule has 1 saturated heterocycles. The van der Waals surface area contributed by atoms with Gasteiger partial charge in [-0.05, 0) is 19.3 Å². The summed E-state index contributed by atoms with van der Waals surface area (Å²) in [5, 5.41) is 0.